The molecule has 7 nitrogen and oxygen atoms in total. The van der Waals surface area contributed by atoms with Gasteiger partial charge >= 0.3 is 6.09 Å². The second-order valence-electron chi connectivity index (χ2n) is 5.34. The summed E-state index contributed by atoms with van der Waals surface area (Å²) in [6, 6.07) is 3.69. The molecule has 8 heteroatoms. The first-order valence-corrected chi connectivity index (χ1v) is 7.07. The third-order valence-corrected chi connectivity index (χ3v) is 3.74. The lowest BCUT2D eigenvalue weighted by Crippen LogP contribution is -2.41. The van der Waals surface area contributed by atoms with Gasteiger partial charge in [0, 0.05) is 24.5 Å². The zero-order chi connectivity index (χ0) is 16.6. The van der Waals surface area contributed by atoms with Crippen LogP contribution in [-0.2, 0) is 4.79 Å². The van der Waals surface area contributed by atoms with E-state index in [1.54, 1.807) is 23.2 Å². The number of aromatic nitrogens is 2. The van der Waals surface area contributed by atoms with Gasteiger partial charge < -0.3 is 19.9 Å². The Hall–Kier alpha value is -2.90. The number of benzene rings is 1. The smallest absolute Gasteiger partial charge is 0.405 e. The van der Waals surface area contributed by atoms with Gasteiger partial charge in [-0.3, -0.25) is 4.79 Å². The molecule has 1 aromatic carbocycles. The SMILES string of the molecule is Cc1cn(-c2ccc(N3CC[C@H](NC(=O)O)C3=O)c(F)c2)cn1. The average molecular weight is 318 g/mol. The molecule has 2 amide bonds. The minimum absolute atomic E-state index is 0.144. The van der Waals surface area contributed by atoms with Crippen LogP contribution in [0.5, 0.6) is 0 Å². The van der Waals surface area contributed by atoms with Gasteiger partial charge in [-0.1, -0.05) is 0 Å². The maximum absolute atomic E-state index is 14.4. The lowest BCUT2D eigenvalue weighted by molar-refractivity contribution is -0.118. The average Bonchev–Trinajstić information content (AvgIpc) is 3.06. The van der Waals surface area contributed by atoms with Crippen molar-refractivity contribution in [3.8, 4) is 5.69 Å². The second kappa shape index (κ2) is 5.71. The number of carbonyl (C=O) groups is 2. The maximum atomic E-state index is 14.4. The van der Waals surface area contributed by atoms with Crippen molar-refractivity contribution in [2.75, 3.05) is 11.4 Å². The summed E-state index contributed by atoms with van der Waals surface area (Å²) >= 11 is 0. The van der Waals surface area contributed by atoms with Gasteiger partial charge in [0.2, 0.25) is 5.91 Å². The standard InChI is InChI=1S/C15H15FN4O3/c1-9-7-19(8-17-9)10-2-3-13(11(16)6-10)20-5-4-12(14(20)21)18-15(22)23/h2-3,6-8,12,18H,4-5H2,1H3,(H,22,23)/t12-/m0/s1. The third-order valence-electron chi connectivity index (χ3n) is 3.74. The topological polar surface area (TPSA) is 87.5 Å². The number of nitrogens with one attached hydrogen (secondary N) is 1. The van der Waals surface area contributed by atoms with Crippen LogP contribution < -0.4 is 10.2 Å². The number of amides is 2. The van der Waals surface area contributed by atoms with Crippen molar-refractivity contribution < 1.29 is 19.1 Å². The highest BCUT2D eigenvalue weighted by Crippen LogP contribution is 2.26. The molecule has 0 unspecified atom stereocenters. The summed E-state index contributed by atoms with van der Waals surface area (Å²) in [7, 11) is 0. The van der Waals surface area contributed by atoms with Gasteiger partial charge in [0.15, 0.2) is 0 Å². The summed E-state index contributed by atoms with van der Waals surface area (Å²) in [5.41, 5.74) is 1.55. The van der Waals surface area contributed by atoms with Crippen LogP contribution in [0, 0.1) is 12.7 Å². The maximum Gasteiger partial charge on any atom is 0.405 e. The Morgan fingerprint density at radius 2 is 2.26 bits per heavy atom. The number of hydrogen-bond donors (Lipinski definition) is 2. The van der Waals surface area contributed by atoms with E-state index in [0.717, 1.165) is 5.69 Å². The van der Waals surface area contributed by atoms with Gasteiger partial charge in [0.25, 0.3) is 0 Å². The highest BCUT2D eigenvalue weighted by atomic mass is 19.1. The van der Waals surface area contributed by atoms with E-state index in [2.05, 4.69) is 10.3 Å². The molecule has 1 saturated heterocycles. The molecule has 1 aliphatic rings. The monoisotopic (exact) mass is 318 g/mol. The quantitative estimate of drug-likeness (QED) is 0.901. The van der Waals surface area contributed by atoms with Crippen molar-refractivity contribution in [3.63, 3.8) is 0 Å². The highest BCUT2D eigenvalue weighted by Gasteiger charge is 2.34. The summed E-state index contributed by atoms with van der Waals surface area (Å²) in [6.45, 7) is 2.10. The van der Waals surface area contributed by atoms with E-state index in [-0.39, 0.29) is 12.2 Å². The lowest BCUT2D eigenvalue weighted by Gasteiger charge is -2.18. The molecule has 0 saturated carbocycles. The molecular formula is C15H15FN4O3. The number of anilines is 1. The van der Waals surface area contributed by atoms with Gasteiger partial charge in [0.1, 0.15) is 11.9 Å². The third kappa shape index (κ3) is 2.87. The predicted octanol–water partition coefficient (Wildman–Crippen LogP) is 1.69. The molecule has 2 heterocycles. The van der Waals surface area contributed by atoms with Crippen LogP contribution in [0.15, 0.2) is 30.7 Å². The Kier molecular flexibility index (Phi) is 3.73. The first-order chi connectivity index (χ1) is 11.0. The molecule has 1 aromatic heterocycles. The molecular weight excluding hydrogens is 303 g/mol. The molecule has 0 aliphatic carbocycles. The summed E-state index contributed by atoms with van der Waals surface area (Å²) in [5, 5.41) is 10.8. The Bertz CT molecular complexity index is 774. The van der Waals surface area contributed by atoms with Crippen LogP contribution in [0.2, 0.25) is 0 Å². The van der Waals surface area contributed by atoms with Crippen molar-refractivity contribution in [2.45, 2.75) is 19.4 Å². The molecule has 0 spiro atoms. The van der Waals surface area contributed by atoms with Crippen LogP contribution in [0.3, 0.4) is 0 Å². The first-order valence-electron chi connectivity index (χ1n) is 7.07. The van der Waals surface area contributed by atoms with Crippen LogP contribution in [0.1, 0.15) is 12.1 Å². The molecule has 2 N–H and O–H groups in total. The van der Waals surface area contributed by atoms with Crippen molar-refractivity contribution >= 4 is 17.7 Å². The molecule has 3 rings (SSSR count). The van der Waals surface area contributed by atoms with E-state index in [9.17, 15) is 14.0 Å². The molecule has 0 bridgehead atoms. The fraction of sp³-hybridized carbons (Fsp3) is 0.267. The van der Waals surface area contributed by atoms with E-state index in [4.69, 9.17) is 5.11 Å². The zero-order valence-electron chi connectivity index (χ0n) is 12.4. The number of hydrogen-bond acceptors (Lipinski definition) is 3. The summed E-state index contributed by atoms with van der Waals surface area (Å²) in [6.07, 6.45) is 2.39. The minimum atomic E-state index is -1.27. The molecule has 1 aliphatic heterocycles. The van der Waals surface area contributed by atoms with Crippen LogP contribution in [0.4, 0.5) is 14.9 Å². The van der Waals surface area contributed by atoms with Gasteiger partial charge in [-0.15, -0.1) is 0 Å². The van der Waals surface area contributed by atoms with Crippen LogP contribution in [-0.4, -0.2) is 39.2 Å². The van der Waals surface area contributed by atoms with Gasteiger partial charge in [-0.25, -0.2) is 14.2 Å². The number of imidazole rings is 1. The number of halogens is 1. The van der Waals surface area contributed by atoms with Gasteiger partial charge in [-0.05, 0) is 25.5 Å². The van der Waals surface area contributed by atoms with Crippen LogP contribution in [0.25, 0.3) is 5.69 Å². The Balaban J connectivity index is 1.84. The Morgan fingerprint density at radius 3 is 2.87 bits per heavy atom. The molecule has 2 aromatic rings. The second-order valence-corrected chi connectivity index (χ2v) is 5.34. The van der Waals surface area contributed by atoms with Gasteiger partial charge in [0.05, 0.1) is 17.7 Å². The molecule has 1 fully saturated rings. The first kappa shape index (κ1) is 15.0. The highest BCUT2D eigenvalue weighted by molar-refractivity contribution is 6.00. The lowest BCUT2D eigenvalue weighted by atomic mass is 10.2. The largest absolute Gasteiger partial charge is 0.465 e. The van der Waals surface area contributed by atoms with E-state index >= 15 is 0 Å². The fourth-order valence-corrected chi connectivity index (χ4v) is 2.64. The van der Waals surface area contributed by atoms with Crippen molar-refractivity contribution in [3.05, 3.63) is 42.2 Å². The molecule has 120 valence electrons. The van der Waals surface area contributed by atoms with Crippen molar-refractivity contribution in [1.29, 1.82) is 0 Å². The molecule has 1 atom stereocenters. The van der Waals surface area contributed by atoms with Gasteiger partial charge in [-0.2, -0.15) is 0 Å². The number of carbonyl (C=O) groups excluding carboxylic acids is 1. The number of rotatable bonds is 3. The zero-order valence-corrected chi connectivity index (χ0v) is 12.4. The Morgan fingerprint density at radius 1 is 1.48 bits per heavy atom. The summed E-state index contributed by atoms with van der Waals surface area (Å²) < 4.78 is 16.1. The summed E-state index contributed by atoms with van der Waals surface area (Å²) in [4.78, 5) is 28.2. The van der Waals surface area contributed by atoms with E-state index in [1.165, 1.54) is 17.0 Å². The minimum Gasteiger partial charge on any atom is -0.465 e. The number of nitrogens with zero attached hydrogens (tertiary/aromatic N) is 3. The van der Waals surface area contributed by atoms with E-state index < -0.39 is 23.9 Å². The van der Waals surface area contributed by atoms with Crippen LogP contribution >= 0.6 is 0 Å². The van der Waals surface area contributed by atoms with Crippen molar-refractivity contribution in [2.24, 2.45) is 0 Å². The Labute approximate surface area is 131 Å². The summed E-state index contributed by atoms with van der Waals surface area (Å²) in [5.74, 6) is -0.990. The van der Waals surface area contributed by atoms with Crippen molar-refractivity contribution in [1.82, 2.24) is 14.9 Å². The predicted molar refractivity (Wildman–Crippen MR) is 80.2 cm³/mol. The van der Waals surface area contributed by atoms with E-state index in [0.29, 0.717) is 12.1 Å². The fourth-order valence-electron chi connectivity index (χ4n) is 2.64. The normalized spacial score (nSPS) is 17.6. The number of aryl methyl sites for hydroxylation is 1. The van der Waals surface area contributed by atoms with E-state index in [1.807, 2.05) is 6.92 Å². The number of carboxylic acid groups (broad SMARTS) is 1. The molecule has 0 radical (unpaired) electrons. The molecule has 23 heavy (non-hydrogen) atoms.